The highest BCUT2D eigenvalue weighted by Crippen LogP contribution is 2.31. The molecule has 0 aliphatic rings. The summed E-state index contributed by atoms with van der Waals surface area (Å²) in [6.45, 7) is 2.88. The predicted octanol–water partition coefficient (Wildman–Crippen LogP) is 1.63. The van der Waals surface area contributed by atoms with Crippen molar-refractivity contribution in [1.29, 1.82) is 0 Å². The number of hydrogen-bond acceptors (Lipinski definition) is 5. The molecule has 0 amide bonds. The average Bonchev–Trinajstić information content (AvgIpc) is 2.86. The van der Waals surface area contributed by atoms with Crippen LogP contribution in [0.15, 0.2) is 34.9 Å². The molecule has 5 nitrogen and oxygen atoms in total. The first-order valence-corrected chi connectivity index (χ1v) is 6.57. The van der Waals surface area contributed by atoms with E-state index in [-0.39, 0.29) is 13.2 Å². The molecule has 1 aromatic carbocycles. The molecule has 0 unspecified atom stereocenters. The zero-order chi connectivity index (χ0) is 14.5. The lowest BCUT2D eigenvalue weighted by atomic mass is 10.1. The van der Waals surface area contributed by atoms with E-state index < -0.39 is 0 Å². The number of aryl methyl sites for hydroxylation is 1. The highest BCUT2D eigenvalue weighted by Gasteiger charge is 2.11. The first kappa shape index (κ1) is 14.4. The van der Waals surface area contributed by atoms with Crippen LogP contribution >= 0.6 is 0 Å². The molecule has 0 saturated heterocycles. The van der Waals surface area contributed by atoms with Crippen LogP contribution in [0, 0.1) is 6.92 Å². The number of benzene rings is 1. The second-order valence-electron chi connectivity index (χ2n) is 4.65. The van der Waals surface area contributed by atoms with Gasteiger partial charge in [0.2, 0.25) is 0 Å². The number of anilines is 2. The van der Waals surface area contributed by atoms with Crippen LogP contribution in [0.25, 0.3) is 11.1 Å². The van der Waals surface area contributed by atoms with Crippen LogP contribution in [0.2, 0.25) is 0 Å². The molecule has 0 radical (unpaired) electrons. The van der Waals surface area contributed by atoms with E-state index in [4.69, 9.17) is 20.4 Å². The van der Waals surface area contributed by atoms with Gasteiger partial charge in [0, 0.05) is 35.6 Å². The Labute approximate surface area is 118 Å². The first-order valence-electron chi connectivity index (χ1n) is 6.57. The number of nitrogens with zero attached hydrogens (tertiary/aromatic N) is 1. The Morgan fingerprint density at radius 1 is 1.15 bits per heavy atom. The van der Waals surface area contributed by atoms with Gasteiger partial charge in [-0.05, 0) is 31.2 Å². The van der Waals surface area contributed by atoms with Crippen LogP contribution in [-0.4, -0.2) is 36.5 Å². The fourth-order valence-electron chi connectivity index (χ4n) is 2.19. The summed E-state index contributed by atoms with van der Waals surface area (Å²) in [4.78, 5) is 1.91. The number of aliphatic hydroxyl groups is 2. The lowest BCUT2D eigenvalue weighted by Crippen LogP contribution is -2.29. The maximum absolute atomic E-state index is 9.11. The van der Waals surface area contributed by atoms with Crippen LogP contribution < -0.4 is 10.6 Å². The quantitative estimate of drug-likeness (QED) is 0.698. The average molecular weight is 276 g/mol. The molecule has 20 heavy (non-hydrogen) atoms. The standard InChI is InChI=1S/C15H20N2O3/c1-11-8-12(10-20-11)14-9-13(2-3-15(14)16)17(4-6-18)5-7-19/h2-3,8-10,18-19H,4-7,16H2,1H3. The Hall–Kier alpha value is -1.98. The van der Waals surface area contributed by atoms with Gasteiger partial charge in [-0.2, -0.15) is 0 Å². The Morgan fingerprint density at radius 2 is 1.85 bits per heavy atom. The fraction of sp³-hybridized carbons (Fsp3) is 0.333. The Balaban J connectivity index is 2.36. The second kappa shape index (κ2) is 6.45. The van der Waals surface area contributed by atoms with Crippen molar-refractivity contribution in [2.45, 2.75) is 6.92 Å². The molecule has 0 aliphatic heterocycles. The van der Waals surface area contributed by atoms with E-state index >= 15 is 0 Å². The minimum Gasteiger partial charge on any atom is -0.469 e. The summed E-state index contributed by atoms with van der Waals surface area (Å²) < 4.78 is 5.32. The Kier molecular flexibility index (Phi) is 4.65. The van der Waals surface area contributed by atoms with Gasteiger partial charge >= 0.3 is 0 Å². The Morgan fingerprint density at radius 3 is 2.40 bits per heavy atom. The van der Waals surface area contributed by atoms with Gasteiger partial charge in [-0.3, -0.25) is 0 Å². The number of aliphatic hydroxyl groups excluding tert-OH is 2. The molecule has 108 valence electrons. The smallest absolute Gasteiger partial charge is 0.101 e. The third kappa shape index (κ3) is 3.12. The number of hydrogen-bond donors (Lipinski definition) is 3. The van der Waals surface area contributed by atoms with Gasteiger partial charge in [0.05, 0.1) is 19.5 Å². The summed E-state index contributed by atoms with van der Waals surface area (Å²) in [5.41, 5.74) is 9.42. The Bertz CT molecular complexity index is 560. The van der Waals surface area contributed by atoms with Crippen molar-refractivity contribution >= 4 is 11.4 Å². The first-order chi connectivity index (χ1) is 9.65. The van der Waals surface area contributed by atoms with E-state index in [1.807, 2.05) is 36.1 Å². The highest BCUT2D eigenvalue weighted by molar-refractivity contribution is 5.79. The van der Waals surface area contributed by atoms with Crippen LogP contribution in [0.3, 0.4) is 0 Å². The highest BCUT2D eigenvalue weighted by atomic mass is 16.3. The number of rotatable bonds is 6. The van der Waals surface area contributed by atoms with Crippen molar-refractivity contribution < 1.29 is 14.6 Å². The maximum atomic E-state index is 9.11. The van der Waals surface area contributed by atoms with E-state index in [0.717, 1.165) is 22.6 Å². The molecule has 0 atom stereocenters. The molecule has 1 heterocycles. The van der Waals surface area contributed by atoms with E-state index in [1.54, 1.807) is 6.26 Å². The van der Waals surface area contributed by atoms with Crippen molar-refractivity contribution in [3.05, 3.63) is 36.3 Å². The molecule has 0 aliphatic carbocycles. The zero-order valence-electron chi connectivity index (χ0n) is 11.5. The molecule has 1 aromatic heterocycles. The van der Waals surface area contributed by atoms with Crippen molar-refractivity contribution in [2.24, 2.45) is 0 Å². The van der Waals surface area contributed by atoms with E-state index in [0.29, 0.717) is 18.8 Å². The maximum Gasteiger partial charge on any atom is 0.101 e. The van der Waals surface area contributed by atoms with Gasteiger partial charge in [-0.25, -0.2) is 0 Å². The SMILES string of the molecule is Cc1cc(-c2cc(N(CCO)CCO)ccc2N)co1. The summed E-state index contributed by atoms with van der Waals surface area (Å²) in [7, 11) is 0. The zero-order valence-corrected chi connectivity index (χ0v) is 11.5. The predicted molar refractivity (Wildman–Crippen MR) is 79.7 cm³/mol. The third-order valence-electron chi connectivity index (χ3n) is 3.18. The van der Waals surface area contributed by atoms with E-state index in [9.17, 15) is 0 Å². The van der Waals surface area contributed by atoms with Crippen molar-refractivity contribution in [3.63, 3.8) is 0 Å². The summed E-state index contributed by atoms with van der Waals surface area (Å²) in [5, 5.41) is 18.2. The van der Waals surface area contributed by atoms with Crippen LogP contribution in [0.5, 0.6) is 0 Å². The van der Waals surface area contributed by atoms with Gasteiger partial charge in [0.25, 0.3) is 0 Å². The minimum atomic E-state index is 0.0323. The lowest BCUT2D eigenvalue weighted by molar-refractivity contribution is 0.281. The molecular formula is C15H20N2O3. The normalized spacial score (nSPS) is 10.8. The van der Waals surface area contributed by atoms with Crippen LogP contribution in [0.1, 0.15) is 5.76 Å². The molecule has 4 N–H and O–H groups in total. The fourth-order valence-corrected chi connectivity index (χ4v) is 2.19. The van der Waals surface area contributed by atoms with Gasteiger partial charge in [-0.15, -0.1) is 0 Å². The van der Waals surface area contributed by atoms with Gasteiger partial charge in [-0.1, -0.05) is 0 Å². The molecule has 0 spiro atoms. The molecule has 0 saturated carbocycles. The van der Waals surface area contributed by atoms with Crippen molar-refractivity contribution in [3.8, 4) is 11.1 Å². The van der Waals surface area contributed by atoms with Crippen molar-refractivity contribution in [2.75, 3.05) is 36.9 Å². The lowest BCUT2D eigenvalue weighted by Gasteiger charge is -2.23. The summed E-state index contributed by atoms with van der Waals surface area (Å²) in [5.74, 6) is 0.826. The van der Waals surface area contributed by atoms with Gasteiger partial charge in [0.1, 0.15) is 5.76 Å². The number of furan rings is 1. The minimum absolute atomic E-state index is 0.0323. The second-order valence-corrected chi connectivity index (χ2v) is 4.65. The summed E-state index contributed by atoms with van der Waals surface area (Å²) in [6.07, 6.45) is 1.67. The summed E-state index contributed by atoms with van der Waals surface area (Å²) >= 11 is 0. The summed E-state index contributed by atoms with van der Waals surface area (Å²) in [6, 6.07) is 7.59. The molecule has 0 fully saturated rings. The van der Waals surface area contributed by atoms with E-state index in [2.05, 4.69) is 0 Å². The van der Waals surface area contributed by atoms with Gasteiger partial charge < -0.3 is 25.3 Å². The molecule has 0 bridgehead atoms. The van der Waals surface area contributed by atoms with Crippen LogP contribution in [0.4, 0.5) is 11.4 Å². The largest absolute Gasteiger partial charge is 0.469 e. The monoisotopic (exact) mass is 276 g/mol. The molecule has 2 rings (SSSR count). The van der Waals surface area contributed by atoms with Gasteiger partial charge in [0.15, 0.2) is 0 Å². The molecule has 5 heteroatoms. The topological polar surface area (TPSA) is 82.9 Å². The number of nitrogen functional groups attached to an aromatic ring is 1. The van der Waals surface area contributed by atoms with Crippen molar-refractivity contribution in [1.82, 2.24) is 0 Å². The molecular weight excluding hydrogens is 256 g/mol. The third-order valence-corrected chi connectivity index (χ3v) is 3.18. The number of nitrogens with two attached hydrogens (primary N) is 1. The molecule has 2 aromatic rings. The van der Waals surface area contributed by atoms with Crippen LogP contribution in [-0.2, 0) is 0 Å². The van der Waals surface area contributed by atoms with E-state index in [1.165, 1.54) is 0 Å².